The van der Waals surface area contributed by atoms with Gasteiger partial charge in [-0.05, 0) is 47.3 Å². The van der Waals surface area contributed by atoms with E-state index in [1.807, 2.05) is 13.8 Å². The molecule has 0 amide bonds. The van der Waals surface area contributed by atoms with Crippen LogP contribution in [0.15, 0.2) is 0 Å². The first kappa shape index (κ1) is 28.6. The maximum absolute atomic E-state index is 5.35. The van der Waals surface area contributed by atoms with Crippen LogP contribution < -0.4 is 0 Å². The van der Waals surface area contributed by atoms with Crippen molar-refractivity contribution in [2.75, 3.05) is 0 Å². The van der Waals surface area contributed by atoms with Crippen LogP contribution in [0.25, 0.3) is 0 Å². The maximum Gasteiger partial charge on any atom is 0.0107 e. The van der Waals surface area contributed by atoms with E-state index in [2.05, 4.69) is 69.2 Å². The summed E-state index contributed by atoms with van der Waals surface area (Å²) in [6.45, 7) is 28.3. The predicted molar refractivity (Wildman–Crippen MR) is 127 cm³/mol. The Hall–Kier alpha value is 0.350. The highest BCUT2D eigenvalue weighted by Crippen LogP contribution is 2.51. The highest BCUT2D eigenvalue weighted by atomic mass is 32.1. The molecule has 0 radical (unpaired) electrons. The van der Waals surface area contributed by atoms with E-state index in [1.165, 1.54) is 38.5 Å². The zero-order valence-electron chi connectivity index (χ0n) is 20.6. The van der Waals surface area contributed by atoms with Crippen LogP contribution in [0.5, 0.6) is 0 Å². The minimum Gasteiger partial charge on any atom is -0.175 e. The van der Waals surface area contributed by atoms with Crippen LogP contribution in [0.2, 0.25) is 0 Å². The molecule has 0 aromatic heterocycles. The second-order valence-corrected chi connectivity index (χ2v) is 9.92. The first-order valence-electron chi connectivity index (χ1n) is 11.7. The minimum atomic E-state index is 0.321. The first-order valence-corrected chi connectivity index (χ1v) is 12.2. The Morgan fingerprint density at radius 2 is 1.27 bits per heavy atom. The van der Waals surface area contributed by atoms with Gasteiger partial charge in [-0.1, -0.05) is 109 Å². The summed E-state index contributed by atoms with van der Waals surface area (Å²) in [7, 11) is 0. The van der Waals surface area contributed by atoms with Gasteiger partial charge in [0.2, 0.25) is 0 Å². The van der Waals surface area contributed by atoms with Crippen molar-refractivity contribution in [1.82, 2.24) is 0 Å². The highest BCUT2D eigenvalue weighted by molar-refractivity contribution is 7.81. The molecule has 0 aromatic rings. The molecule has 1 heteroatoms. The Kier molecular flexibility index (Phi) is 14.8. The third-order valence-corrected chi connectivity index (χ3v) is 8.69. The second-order valence-electron chi connectivity index (χ2n) is 9.36. The van der Waals surface area contributed by atoms with Crippen molar-refractivity contribution in [3.63, 3.8) is 0 Å². The van der Waals surface area contributed by atoms with Crippen LogP contribution in [-0.4, -0.2) is 5.25 Å². The molecule has 0 aliphatic rings. The number of rotatable bonds is 12. The Morgan fingerprint density at radius 3 is 1.58 bits per heavy atom. The zero-order valence-corrected chi connectivity index (χ0v) is 21.5. The summed E-state index contributed by atoms with van der Waals surface area (Å²) in [5, 5.41) is 0.477. The van der Waals surface area contributed by atoms with Crippen LogP contribution in [0.1, 0.15) is 122 Å². The quantitative estimate of drug-likeness (QED) is 0.317. The Morgan fingerprint density at radius 1 is 0.808 bits per heavy atom. The summed E-state index contributed by atoms with van der Waals surface area (Å²) in [5.41, 5.74) is 0.759. The van der Waals surface area contributed by atoms with Gasteiger partial charge < -0.3 is 0 Å². The topological polar surface area (TPSA) is 0 Å². The summed E-state index contributed by atoms with van der Waals surface area (Å²) in [6, 6.07) is 0. The van der Waals surface area contributed by atoms with E-state index in [-0.39, 0.29) is 0 Å². The number of hydrogen-bond acceptors (Lipinski definition) is 1. The van der Waals surface area contributed by atoms with E-state index in [0.29, 0.717) is 27.9 Å². The van der Waals surface area contributed by atoms with Crippen molar-refractivity contribution < 1.29 is 0 Å². The van der Waals surface area contributed by atoms with Gasteiger partial charge in [-0.3, -0.25) is 0 Å². The van der Waals surface area contributed by atoms with Crippen LogP contribution in [0.3, 0.4) is 0 Å². The van der Waals surface area contributed by atoms with E-state index in [1.54, 1.807) is 0 Å². The van der Waals surface area contributed by atoms with E-state index in [4.69, 9.17) is 12.6 Å². The minimum absolute atomic E-state index is 0.321. The van der Waals surface area contributed by atoms with E-state index in [9.17, 15) is 0 Å². The van der Waals surface area contributed by atoms with Crippen molar-refractivity contribution >= 4 is 12.6 Å². The van der Waals surface area contributed by atoms with Crippen LogP contribution in [0.4, 0.5) is 0 Å². The highest BCUT2D eigenvalue weighted by Gasteiger charge is 2.45. The van der Waals surface area contributed by atoms with Gasteiger partial charge in [-0.25, -0.2) is 0 Å². The van der Waals surface area contributed by atoms with Crippen LogP contribution >= 0.6 is 12.6 Å². The SMILES string of the molecule is CC.CCC[C@](C)(CC)C(C)C(C(S)[C@@](C)(CCC)C(C)C)[C@H](C)CC. The molecule has 0 heterocycles. The van der Waals surface area contributed by atoms with E-state index >= 15 is 0 Å². The maximum atomic E-state index is 5.35. The molecule has 0 aromatic carbocycles. The molecule has 0 fully saturated rings. The van der Waals surface area contributed by atoms with Gasteiger partial charge in [-0.15, -0.1) is 0 Å². The lowest BCUT2D eigenvalue weighted by Crippen LogP contribution is -2.46. The lowest BCUT2D eigenvalue weighted by Gasteiger charge is -2.50. The molecule has 0 saturated heterocycles. The third kappa shape index (κ3) is 7.06. The lowest BCUT2D eigenvalue weighted by atomic mass is 9.58. The standard InChI is InChI=1S/C23H48S.C2H6/c1-11-15-22(9,14-4)19(8)20(18(7)13-3)21(24)23(10,16-12-2)17(5)6;1-2/h17-21,24H,11-16H2,1-10H3;1-2H3/t18-,19?,20?,21?,22+,23+;/m1./s1. The predicted octanol–water partition coefficient (Wildman–Crippen LogP) is 9.29. The second kappa shape index (κ2) is 13.5. The molecule has 0 N–H and O–H groups in total. The number of thiol groups is 1. The van der Waals surface area contributed by atoms with Crippen molar-refractivity contribution in [2.24, 2.45) is 34.5 Å². The Bertz CT molecular complexity index is 337. The molecule has 0 aliphatic heterocycles. The molecule has 0 nitrogen and oxygen atoms in total. The monoisotopic (exact) mass is 386 g/mol. The van der Waals surface area contributed by atoms with Crippen molar-refractivity contribution in [3.05, 3.63) is 0 Å². The Labute approximate surface area is 174 Å². The van der Waals surface area contributed by atoms with Crippen molar-refractivity contribution in [3.8, 4) is 0 Å². The molecule has 0 saturated carbocycles. The van der Waals surface area contributed by atoms with Gasteiger partial charge in [0.15, 0.2) is 0 Å². The average Bonchev–Trinajstić information content (AvgIpc) is 2.62. The van der Waals surface area contributed by atoms with E-state index in [0.717, 1.165) is 11.8 Å². The Balaban J connectivity index is 0. The summed E-state index contributed by atoms with van der Waals surface area (Å²) < 4.78 is 0. The molecule has 0 aliphatic carbocycles. The van der Waals surface area contributed by atoms with Gasteiger partial charge in [0.05, 0.1) is 0 Å². The molecule has 3 unspecified atom stereocenters. The average molecular weight is 387 g/mol. The number of hydrogen-bond donors (Lipinski definition) is 1. The van der Waals surface area contributed by atoms with Gasteiger partial charge in [-0.2, -0.15) is 12.6 Å². The summed E-state index contributed by atoms with van der Waals surface area (Å²) in [6.07, 6.45) is 7.71. The lowest BCUT2D eigenvalue weighted by molar-refractivity contribution is 0.0390. The third-order valence-electron chi connectivity index (χ3n) is 7.75. The van der Waals surface area contributed by atoms with Gasteiger partial charge in [0.1, 0.15) is 0 Å². The normalized spacial score (nSPS) is 21.0. The van der Waals surface area contributed by atoms with Crippen molar-refractivity contribution in [1.29, 1.82) is 0 Å². The molecule has 6 atom stereocenters. The van der Waals surface area contributed by atoms with Crippen LogP contribution in [-0.2, 0) is 0 Å². The molecular weight excluding hydrogens is 332 g/mol. The van der Waals surface area contributed by atoms with Gasteiger partial charge in [0.25, 0.3) is 0 Å². The molecule has 0 bridgehead atoms. The van der Waals surface area contributed by atoms with Gasteiger partial charge >= 0.3 is 0 Å². The summed E-state index contributed by atoms with van der Waals surface area (Å²) >= 11 is 5.35. The summed E-state index contributed by atoms with van der Waals surface area (Å²) in [5.74, 6) is 2.82. The molecule has 0 spiro atoms. The van der Waals surface area contributed by atoms with Crippen molar-refractivity contribution in [2.45, 2.75) is 127 Å². The fourth-order valence-electron chi connectivity index (χ4n) is 4.87. The smallest absolute Gasteiger partial charge is 0.0107 e. The fraction of sp³-hybridized carbons (Fsp3) is 1.00. The molecule has 26 heavy (non-hydrogen) atoms. The first-order chi connectivity index (χ1) is 12.1. The van der Waals surface area contributed by atoms with Gasteiger partial charge in [0, 0.05) is 5.25 Å². The van der Waals surface area contributed by atoms with E-state index < -0.39 is 0 Å². The largest absolute Gasteiger partial charge is 0.175 e. The molecule has 160 valence electrons. The zero-order chi connectivity index (χ0) is 21.1. The molecule has 0 rings (SSSR count). The summed E-state index contributed by atoms with van der Waals surface area (Å²) in [4.78, 5) is 0. The fourth-order valence-corrected chi connectivity index (χ4v) is 5.85. The van der Waals surface area contributed by atoms with Crippen LogP contribution in [0, 0.1) is 34.5 Å². The molecular formula is C25H54S.